The predicted octanol–water partition coefficient (Wildman–Crippen LogP) is 3.93. The summed E-state index contributed by atoms with van der Waals surface area (Å²) < 4.78 is 12.8. The van der Waals surface area contributed by atoms with Crippen LogP contribution in [0, 0.1) is 11.0 Å². The van der Waals surface area contributed by atoms with Crippen molar-refractivity contribution >= 4 is 17.2 Å². The number of para-hydroxylation sites is 1. The summed E-state index contributed by atoms with van der Waals surface area (Å²) in [7, 11) is 2.14. The number of Topliss-reactive ketones (excluding diaryl/α,β-unsaturated/α-hetero) is 1. The number of carbonyl (C=O) groups is 1. The van der Waals surface area contributed by atoms with E-state index in [2.05, 4.69) is 35.0 Å². The van der Waals surface area contributed by atoms with Gasteiger partial charge in [-0.05, 0) is 35.9 Å². The fraction of sp³-hybridized carbons (Fsp3) is 0.458. The normalized spacial score (nSPS) is 27.0. The minimum Gasteiger partial charge on any atom is -0.633 e. The summed E-state index contributed by atoms with van der Waals surface area (Å²) in [5.74, 6) is -0.0966. The molecule has 3 heterocycles. The van der Waals surface area contributed by atoms with E-state index >= 15 is 0 Å². The van der Waals surface area contributed by atoms with Crippen LogP contribution in [0.1, 0.15) is 41.1 Å². The number of anilines is 2. The third kappa shape index (κ3) is 3.28. The van der Waals surface area contributed by atoms with Crippen molar-refractivity contribution in [2.45, 2.75) is 31.2 Å². The van der Waals surface area contributed by atoms with Gasteiger partial charge < -0.3 is 19.7 Å². The predicted molar refractivity (Wildman–Crippen MR) is 116 cm³/mol. The zero-order chi connectivity index (χ0) is 20.9. The molecular formula is C24H28FN3O2. The molecule has 0 aliphatic carbocycles. The summed E-state index contributed by atoms with van der Waals surface area (Å²) in [4.78, 5) is 17.2. The first-order chi connectivity index (χ1) is 14.5. The maximum atomic E-state index is 13.5. The first-order valence-corrected chi connectivity index (χ1v) is 10.9. The van der Waals surface area contributed by atoms with Crippen molar-refractivity contribution in [3.63, 3.8) is 0 Å². The lowest BCUT2D eigenvalue weighted by molar-refractivity contribution is -0.887. The van der Waals surface area contributed by atoms with Gasteiger partial charge in [0.05, 0.1) is 36.9 Å². The van der Waals surface area contributed by atoms with Crippen LogP contribution in [0.3, 0.4) is 0 Å². The van der Waals surface area contributed by atoms with Crippen LogP contribution in [-0.2, 0) is 0 Å². The molecule has 6 heteroatoms. The number of hydrogen-bond donors (Lipinski definition) is 0. The first kappa shape index (κ1) is 19.5. The Bertz CT molecular complexity index is 963. The van der Waals surface area contributed by atoms with Crippen molar-refractivity contribution in [3.05, 3.63) is 64.6 Å². The fourth-order valence-electron chi connectivity index (χ4n) is 5.62. The molecule has 0 aromatic heterocycles. The molecule has 0 N–H and O–H groups in total. The number of nitrogens with zero attached hydrogens (tertiary/aromatic N) is 3. The highest BCUT2D eigenvalue weighted by atomic mass is 19.1. The molecule has 1 unspecified atom stereocenters. The standard InChI is InChI=1S/C24H28FN3O2/c1-26-12-13-27-21-11-15-28(30,16-20(21)19-4-2-5-22(26)24(19)27)14-3-6-23(29)17-7-9-18(25)10-8-17/h2,4-5,7-10,20-21H,3,6,11-16H2,1H3/t20-,21-,28?/m0/s1. The van der Waals surface area contributed by atoms with Crippen LogP contribution in [0.15, 0.2) is 42.5 Å². The summed E-state index contributed by atoms with van der Waals surface area (Å²) in [5, 5.41) is 13.5. The van der Waals surface area contributed by atoms with Crippen molar-refractivity contribution < 1.29 is 13.8 Å². The number of hydroxylamine groups is 3. The maximum absolute atomic E-state index is 13.5. The van der Waals surface area contributed by atoms with Crippen LogP contribution in [0.25, 0.3) is 0 Å². The Hall–Kier alpha value is -2.44. The Morgan fingerprint density at radius 3 is 2.80 bits per heavy atom. The number of likely N-dealkylation sites (N-methyl/N-ethyl adjacent to an activating group) is 1. The Morgan fingerprint density at radius 1 is 1.20 bits per heavy atom. The molecule has 5 rings (SSSR count). The monoisotopic (exact) mass is 409 g/mol. The van der Waals surface area contributed by atoms with Crippen molar-refractivity contribution in [1.82, 2.24) is 0 Å². The van der Waals surface area contributed by atoms with Crippen LogP contribution in [0.2, 0.25) is 0 Å². The Balaban J connectivity index is 1.26. The van der Waals surface area contributed by atoms with E-state index in [0.29, 0.717) is 44.1 Å². The van der Waals surface area contributed by atoms with Crippen LogP contribution >= 0.6 is 0 Å². The third-order valence-corrected chi connectivity index (χ3v) is 7.18. The van der Waals surface area contributed by atoms with E-state index in [4.69, 9.17) is 0 Å². The topological polar surface area (TPSA) is 46.6 Å². The average molecular weight is 410 g/mol. The molecule has 0 radical (unpaired) electrons. The Kier molecular flexibility index (Phi) is 4.79. The second kappa shape index (κ2) is 7.36. The second-order valence-electron chi connectivity index (χ2n) is 9.01. The molecule has 3 atom stereocenters. The summed E-state index contributed by atoms with van der Waals surface area (Å²) in [6.45, 7) is 3.70. The van der Waals surface area contributed by atoms with Gasteiger partial charge in [0, 0.05) is 51.0 Å². The number of halogens is 1. The highest BCUT2D eigenvalue weighted by Crippen LogP contribution is 2.51. The molecule has 3 aliphatic heterocycles. The lowest BCUT2D eigenvalue weighted by Crippen LogP contribution is -2.56. The quantitative estimate of drug-likeness (QED) is 0.427. The summed E-state index contributed by atoms with van der Waals surface area (Å²) in [6.07, 6.45) is 1.80. The number of ketones is 1. The van der Waals surface area contributed by atoms with Crippen LogP contribution < -0.4 is 9.80 Å². The first-order valence-electron chi connectivity index (χ1n) is 10.9. The molecule has 158 valence electrons. The highest BCUT2D eigenvalue weighted by molar-refractivity contribution is 5.95. The van der Waals surface area contributed by atoms with Crippen LogP contribution in [0.5, 0.6) is 0 Å². The summed E-state index contributed by atoms with van der Waals surface area (Å²) in [6, 6.07) is 12.6. The molecule has 5 nitrogen and oxygen atoms in total. The van der Waals surface area contributed by atoms with Gasteiger partial charge in [0.15, 0.2) is 5.78 Å². The lowest BCUT2D eigenvalue weighted by Gasteiger charge is -2.50. The molecule has 1 fully saturated rings. The van der Waals surface area contributed by atoms with E-state index in [1.165, 1.54) is 41.2 Å². The zero-order valence-corrected chi connectivity index (χ0v) is 17.4. The smallest absolute Gasteiger partial charge is 0.163 e. The molecule has 2 aromatic rings. The van der Waals surface area contributed by atoms with Crippen molar-refractivity contribution in [3.8, 4) is 0 Å². The summed E-state index contributed by atoms with van der Waals surface area (Å²) >= 11 is 0. The average Bonchev–Trinajstić information content (AvgIpc) is 3.05. The zero-order valence-electron chi connectivity index (χ0n) is 17.4. The van der Waals surface area contributed by atoms with E-state index in [9.17, 15) is 14.4 Å². The molecule has 2 aromatic carbocycles. The van der Waals surface area contributed by atoms with Gasteiger partial charge in [-0.3, -0.25) is 4.79 Å². The van der Waals surface area contributed by atoms with Crippen LogP contribution in [-0.4, -0.2) is 56.2 Å². The fourth-order valence-corrected chi connectivity index (χ4v) is 5.62. The van der Waals surface area contributed by atoms with Gasteiger partial charge in [-0.2, -0.15) is 0 Å². The molecule has 30 heavy (non-hydrogen) atoms. The maximum Gasteiger partial charge on any atom is 0.163 e. The number of piperidine rings is 1. The highest BCUT2D eigenvalue weighted by Gasteiger charge is 2.47. The minimum atomic E-state index is -0.345. The number of hydrogen-bond acceptors (Lipinski definition) is 4. The van der Waals surface area contributed by atoms with E-state index in [1.807, 2.05) is 0 Å². The molecule has 0 spiro atoms. The minimum absolute atomic E-state index is 0.0209. The van der Waals surface area contributed by atoms with Gasteiger partial charge in [-0.15, -0.1) is 0 Å². The number of carbonyl (C=O) groups excluding carboxylic acids is 1. The molecule has 0 saturated carbocycles. The van der Waals surface area contributed by atoms with Crippen molar-refractivity contribution in [2.75, 3.05) is 49.6 Å². The van der Waals surface area contributed by atoms with E-state index < -0.39 is 0 Å². The second-order valence-corrected chi connectivity index (χ2v) is 9.01. The molecule has 3 aliphatic rings. The van der Waals surface area contributed by atoms with E-state index in [-0.39, 0.29) is 22.2 Å². The van der Waals surface area contributed by atoms with E-state index in [0.717, 1.165) is 19.5 Å². The van der Waals surface area contributed by atoms with Crippen molar-refractivity contribution in [2.24, 2.45) is 0 Å². The lowest BCUT2D eigenvalue weighted by atomic mass is 9.88. The Morgan fingerprint density at radius 2 is 2.00 bits per heavy atom. The SMILES string of the molecule is CN1CCN2c3c(cccc31)[C@@H]1C[N+]([O-])(CCCC(=O)c3ccc(F)cc3)CC[C@@H]12. The van der Waals surface area contributed by atoms with Crippen molar-refractivity contribution in [1.29, 1.82) is 0 Å². The van der Waals surface area contributed by atoms with Gasteiger partial charge in [-0.1, -0.05) is 12.1 Å². The largest absolute Gasteiger partial charge is 0.633 e. The van der Waals surface area contributed by atoms with Gasteiger partial charge >= 0.3 is 0 Å². The summed E-state index contributed by atoms with van der Waals surface area (Å²) in [5.41, 5.74) is 4.45. The van der Waals surface area contributed by atoms with Gasteiger partial charge in [0.2, 0.25) is 0 Å². The number of benzene rings is 2. The third-order valence-electron chi connectivity index (χ3n) is 7.18. The molecule has 0 amide bonds. The van der Waals surface area contributed by atoms with Gasteiger partial charge in [0.1, 0.15) is 5.82 Å². The number of fused-ring (bicyclic) bond motifs is 3. The number of rotatable bonds is 5. The van der Waals surface area contributed by atoms with Gasteiger partial charge in [0.25, 0.3) is 0 Å². The van der Waals surface area contributed by atoms with E-state index in [1.54, 1.807) is 0 Å². The molecular weight excluding hydrogens is 381 g/mol. The van der Waals surface area contributed by atoms with Crippen LogP contribution in [0.4, 0.5) is 15.8 Å². The number of likely N-dealkylation sites (tertiary alicyclic amines) is 1. The number of quaternary nitrogens is 1. The molecule has 0 bridgehead atoms. The van der Waals surface area contributed by atoms with Gasteiger partial charge in [-0.25, -0.2) is 4.39 Å². The molecule has 1 saturated heterocycles. The Labute approximate surface area is 176 Å².